The summed E-state index contributed by atoms with van der Waals surface area (Å²) in [6.45, 7) is 8.03. The highest BCUT2D eigenvalue weighted by Crippen LogP contribution is 2.27. The summed E-state index contributed by atoms with van der Waals surface area (Å²) in [7, 11) is 0. The number of carbonyl (C=O) groups is 1. The fraction of sp³-hybridized carbons (Fsp3) is 0.588. The van der Waals surface area contributed by atoms with E-state index in [2.05, 4.69) is 19.2 Å². The van der Waals surface area contributed by atoms with Crippen molar-refractivity contribution in [2.75, 3.05) is 26.2 Å². The Hall–Kier alpha value is -1.55. The maximum atomic E-state index is 12.5. The van der Waals surface area contributed by atoms with E-state index >= 15 is 0 Å². The summed E-state index contributed by atoms with van der Waals surface area (Å²) >= 11 is 0. The largest absolute Gasteiger partial charge is 0.491 e. The molecule has 3 rings (SSSR count). The predicted octanol–water partition coefficient (Wildman–Crippen LogP) is 2.16. The molecule has 0 spiro atoms. The number of benzene rings is 1. The Balaban J connectivity index is 1.62. The predicted molar refractivity (Wildman–Crippen MR) is 82.6 cm³/mol. The fourth-order valence-corrected chi connectivity index (χ4v) is 3.20. The maximum Gasteiger partial charge on any atom is 0.253 e. The molecule has 3 atom stereocenters. The summed E-state index contributed by atoms with van der Waals surface area (Å²) in [5, 5.41) is 3.40. The van der Waals surface area contributed by atoms with Crippen LogP contribution >= 0.6 is 0 Å². The van der Waals surface area contributed by atoms with Crippen molar-refractivity contribution in [2.45, 2.75) is 26.4 Å². The van der Waals surface area contributed by atoms with E-state index in [1.165, 1.54) is 0 Å². The van der Waals surface area contributed by atoms with Crippen LogP contribution in [0.25, 0.3) is 0 Å². The number of amides is 1. The molecule has 1 amide bonds. The normalized spacial score (nSPS) is 25.7. The van der Waals surface area contributed by atoms with E-state index < -0.39 is 0 Å². The highest BCUT2D eigenvalue weighted by atomic mass is 16.5. The first kappa shape index (κ1) is 14.4. The maximum absolute atomic E-state index is 12.5. The lowest BCUT2D eigenvalue weighted by molar-refractivity contribution is 0.0781. The first-order chi connectivity index (χ1) is 10.2. The number of rotatable bonds is 4. The Kier molecular flexibility index (Phi) is 4.15. The van der Waals surface area contributed by atoms with Crippen LogP contribution in [0.15, 0.2) is 24.3 Å². The van der Waals surface area contributed by atoms with Crippen LogP contribution in [0.5, 0.6) is 5.75 Å². The van der Waals surface area contributed by atoms with Gasteiger partial charge in [-0.15, -0.1) is 0 Å². The van der Waals surface area contributed by atoms with Crippen LogP contribution in [0.2, 0.25) is 0 Å². The van der Waals surface area contributed by atoms with Gasteiger partial charge in [-0.3, -0.25) is 4.79 Å². The van der Waals surface area contributed by atoms with Gasteiger partial charge < -0.3 is 15.0 Å². The Morgan fingerprint density at radius 3 is 2.48 bits per heavy atom. The Labute approximate surface area is 126 Å². The van der Waals surface area contributed by atoms with E-state index in [0.29, 0.717) is 11.8 Å². The molecule has 0 aliphatic carbocycles. The fourth-order valence-electron chi connectivity index (χ4n) is 3.20. The molecular formula is C17H24N2O2. The van der Waals surface area contributed by atoms with Crippen LogP contribution in [-0.4, -0.2) is 43.1 Å². The zero-order valence-corrected chi connectivity index (χ0v) is 12.8. The second-order valence-electron chi connectivity index (χ2n) is 6.25. The Morgan fingerprint density at radius 1 is 1.29 bits per heavy atom. The van der Waals surface area contributed by atoms with Gasteiger partial charge in [-0.05, 0) is 49.4 Å². The minimum atomic E-state index is 0.152. The molecular weight excluding hydrogens is 264 g/mol. The van der Waals surface area contributed by atoms with E-state index in [1.807, 2.05) is 29.2 Å². The number of likely N-dealkylation sites (tertiary alicyclic amines) is 1. The van der Waals surface area contributed by atoms with Crippen molar-refractivity contribution in [3.05, 3.63) is 29.8 Å². The van der Waals surface area contributed by atoms with Crippen molar-refractivity contribution >= 4 is 5.91 Å². The van der Waals surface area contributed by atoms with Crippen molar-refractivity contribution in [1.82, 2.24) is 10.2 Å². The van der Waals surface area contributed by atoms with E-state index in [-0.39, 0.29) is 12.0 Å². The average Bonchev–Trinajstić information content (AvgIpc) is 3.08. The van der Waals surface area contributed by atoms with E-state index in [4.69, 9.17) is 4.74 Å². The molecule has 2 fully saturated rings. The van der Waals surface area contributed by atoms with Gasteiger partial charge in [-0.25, -0.2) is 0 Å². The molecule has 4 heteroatoms. The molecule has 0 saturated carbocycles. The first-order valence-corrected chi connectivity index (χ1v) is 7.94. The average molecular weight is 288 g/mol. The van der Waals surface area contributed by atoms with E-state index in [1.54, 1.807) is 0 Å². The van der Waals surface area contributed by atoms with Gasteiger partial charge in [-0.2, -0.15) is 0 Å². The number of hydrogen-bond acceptors (Lipinski definition) is 3. The van der Waals surface area contributed by atoms with Crippen molar-refractivity contribution < 1.29 is 9.53 Å². The van der Waals surface area contributed by atoms with Gasteiger partial charge in [0, 0.05) is 31.7 Å². The molecule has 0 radical (unpaired) electrons. The van der Waals surface area contributed by atoms with Crippen LogP contribution in [-0.2, 0) is 0 Å². The number of carbonyl (C=O) groups excluding carboxylic acids is 1. The van der Waals surface area contributed by atoms with Gasteiger partial charge in [0.15, 0.2) is 0 Å². The van der Waals surface area contributed by atoms with Gasteiger partial charge in [0.1, 0.15) is 5.75 Å². The molecule has 0 aromatic heterocycles. The van der Waals surface area contributed by atoms with Crippen molar-refractivity contribution in [2.24, 2.45) is 11.8 Å². The van der Waals surface area contributed by atoms with E-state index in [0.717, 1.165) is 43.9 Å². The number of nitrogens with zero attached hydrogens (tertiary/aromatic N) is 1. The van der Waals surface area contributed by atoms with Gasteiger partial charge in [0.25, 0.3) is 5.91 Å². The molecule has 1 aromatic carbocycles. The smallest absolute Gasteiger partial charge is 0.253 e. The number of nitrogens with one attached hydrogen (secondary N) is 1. The molecule has 2 aliphatic rings. The van der Waals surface area contributed by atoms with Crippen LogP contribution in [0.4, 0.5) is 0 Å². The molecule has 2 aliphatic heterocycles. The van der Waals surface area contributed by atoms with E-state index in [9.17, 15) is 4.79 Å². The quantitative estimate of drug-likeness (QED) is 0.923. The van der Waals surface area contributed by atoms with Crippen LogP contribution < -0.4 is 10.1 Å². The molecule has 114 valence electrons. The van der Waals surface area contributed by atoms with Gasteiger partial charge in [-0.1, -0.05) is 6.92 Å². The molecule has 21 heavy (non-hydrogen) atoms. The summed E-state index contributed by atoms with van der Waals surface area (Å²) < 4.78 is 5.75. The summed E-state index contributed by atoms with van der Waals surface area (Å²) in [5.74, 6) is 2.27. The van der Waals surface area contributed by atoms with Crippen LogP contribution in [0, 0.1) is 11.8 Å². The molecule has 2 saturated heterocycles. The number of hydrogen-bond donors (Lipinski definition) is 1. The summed E-state index contributed by atoms with van der Waals surface area (Å²) in [6, 6.07) is 7.56. The number of ether oxygens (including phenoxy) is 1. The lowest BCUT2D eigenvalue weighted by Gasteiger charge is -2.18. The highest BCUT2D eigenvalue weighted by Gasteiger charge is 2.38. The third kappa shape index (κ3) is 3.05. The van der Waals surface area contributed by atoms with Gasteiger partial charge in [0.2, 0.25) is 0 Å². The summed E-state index contributed by atoms with van der Waals surface area (Å²) in [5.41, 5.74) is 0.763. The molecule has 1 aromatic rings. The van der Waals surface area contributed by atoms with Crippen molar-refractivity contribution in [3.8, 4) is 5.75 Å². The highest BCUT2D eigenvalue weighted by molar-refractivity contribution is 5.94. The van der Waals surface area contributed by atoms with Crippen LogP contribution in [0.3, 0.4) is 0 Å². The van der Waals surface area contributed by atoms with Crippen molar-refractivity contribution in [3.63, 3.8) is 0 Å². The zero-order chi connectivity index (χ0) is 14.8. The zero-order valence-electron chi connectivity index (χ0n) is 12.8. The Morgan fingerprint density at radius 2 is 1.90 bits per heavy atom. The van der Waals surface area contributed by atoms with Gasteiger partial charge >= 0.3 is 0 Å². The molecule has 4 nitrogen and oxygen atoms in total. The first-order valence-electron chi connectivity index (χ1n) is 7.94. The minimum Gasteiger partial charge on any atom is -0.491 e. The lowest BCUT2D eigenvalue weighted by Crippen LogP contribution is -2.31. The number of fused-ring (bicyclic) bond motifs is 1. The standard InChI is InChI=1S/C17H24N2O2/c1-3-12(2)21-16-6-4-13(5-7-16)17(20)19-10-14-8-18-9-15(14)11-19/h4-7,12,14-15,18H,3,8-11H2,1-2H3/t12?,14-,15+. The van der Waals surface area contributed by atoms with Gasteiger partial charge in [0.05, 0.1) is 6.10 Å². The monoisotopic (exact) mass is 288 g/mol. The molecule has 2 heterocycles. The second kappa shape index (κ2) is 6.06. The molecule has 1 N–H and O–H groups in total. The molecule has 1 unspecified atom stereocenters. The lowest BCUT2D eigenvalue weighted by atomic mass is 10.0. The summed E-state index contributed by atoms with van der Waals surface area (Å²) in [6.07, 6.45) is 1.18. The third-order valence-corrected chi connectivity index (χ3v) is 4.69. The minimum absolute atomic E-state index is 0.152. The summed E-state index contributed by atoms with van der Waals surface area (Å²) in [4.78, 5) is 14.5. The van der Waals surface area contributed by atoms with Crippen molar-refractivity contribution in [1.29, 1.82) is 0 Å². The van der Waals surface area contributed by atoms with Crippen LogP contribution in [0.1, 0.15) is 30.6 Å². The third-order valence-electron chi connectivity index (χ3n) is 4.69. The second-order valence-corrected chi connectivity index (χ2v) is 6.25. The SMILES string of the molecule is CCC(C)Oc1ccc(C(=O)N2C[C@H]3CNC[C@H]3C2)cc1. The Bertz CT molecular complexity index is 488. The topological polar surface area (TPSA) is 41.6 Å². The molecule has 0 bridgehead atoms.